The second-order valence-electron chi connectivity index (χ2n) is 4.51. The van der Waals surface area contributed by atoms with Crippen LogP contribution in [-0.4, -0.2) is 16.4 Å². The van der Waals surface area contributed by atoms with E-state index in [0.717, 1.165) is 12.3 Å². The third-order valence-electron chi connectivity index (χ3n) is 3.11. The second kappa shape index (κ2) is 6.06. The van der Waals surface area contributed by atoms with Gasteiger partial charge in [-0.05, 0) is 29.3 Å². The minimum Gasteiger partial charge on any atom is -0.492 e. The SMILES string of the molecule is c1ccc(-c2ccc(OCCn3cccn3)cc2)cc1. The predicted octanol–water partition coefficient (Wildman–Crippen LogP) is 3.63. The zero-order valence-electron chi connectivity index (χ0n) is 11.1. The molecule has 0 amide bonds. The Hall–Kier alpha value is -2.55. The van der Waals surface area contributed by atoms with Gasteiger partial charge in [-0.25, -0.2) is 0 Å². The molecule has 0 bridgehead atoms. The van der Waals surface area contributed by atoms with E-state index < -0.39 is 0 Å². The van der Waals surface area contributed by atoms with Crippen molar-refractivity contribution in [2.24, 2.45) is 0 Å². The van der Waals surface area contributed by atoms with E-state index in [0.29, 0.717) is 6.61 Å². The maximum Gasteiger partial charge on any atom is 0.119 e. The largest absolute Gasteiger partial charge is 0.492 e. The molecular weight excluding hydrogens is 248 g/mol. The smallest absolute Gasteiger partial charge is 0.119 e. The van der Waals surface area contributed by atoms with Crippen LogP contribution in [0.25, 0.3) is 11.1 Å². The molecule has 0 radical (unpaired) electrons. The van der Waals surface area contributed by atoms with Gasteiger partial charge in [0.15, 0.2) is 0 Å². The molecular formula is C17H16N2O. The summed E-state index contributed by atoms with van der Waals surface area (Å²) < 4.78 is 7.57. The van der Waals surface area contributed by atoms with Crippen LogP contribution in [0.1, 0.15) is 0 Å². The molecule has 0 spiro atoms. The zero-order chi connectivity index (χ0) is 13.6. The van der Waals surface area contributed by atoms with Crippen LogP contribution >= 0.6 is 0 Å². The number of hydrogen-bond acceptors (Lipinski definition) is 2. The van der Waals surface area contributed by atoms with Crippen molar-refractivity contribution in [3.63, 3.8) is 0 Å². The van der Waals surface area contributed by atoms with Crippen molar-refractivity contribution in [3.05, 3.63) is 73.1 Å². The van der Waals surface area contributed by atoms with Crippen molar-refractivity contribution in [1.29, 1.82) is 0 Å². The van der Waals surface area contributed by atoms with Crippen LogP contribution in [0, 0.1) is 0 Å². The van der Waals surface area contributed by atoms with Gasteiger partial charge >= 0.3 is 0 Å². The van der Waals surface area contributed by atoms with Crippen LogP contribution < -0.4 is 4.74 Å². The summed E-state index contributed by atoms with van der Waals surface area (Å²) in [6.07, 6.45) is 3.70. The zero-order valence-corrected chi connectivity index (χ0v) is 11.1. The van der Waals surface area contributed by atoms with E-state index in [9.17, 15) is 0 Å². The summed E-state index contributed by atoms with van der Waals surface area (Å²) in [5.41, 5.74) is 2.42. The Morgan fingerprint density at radius 1 is 0.850 bits per heavy atom. The van der Waals surface area contributed by atoms with Gasteiger partial charge in [0.1, 0.15) is 12.4 Å². The number of benzene rings is 2. The fraction of sp³-hybridized carbons (Fsp3) is 0.118. The Bertz CT molecular complexity index is 631. The fourth-order valence-electron chi connectivity index (χ4n) is 2.06. The quantitative estimate of drug-likeness (QED) is 0.703. The van der Waals surface area contributed by atoms with E-state index in [1.165, 1.54) is 11.1 Å². The molecule has 0 fully saturated rings. The van der Waals surface area contributed by atoms with Crippen LogP contribution in [0.4, 0.5) is 0 Å². The maximum absolute atomic E-state index is 5.71. The molecule has 0 aliphatic heterocycles. The Balaban J connectivity index is 1.59. The van der Waals surface area contributed by atoms with E-state index in [2.05, 4.69) is 29.4 Å². The first-order chi connectivity index (χ1) is 9.92. The van der Waals surface area contributed by atoms with Gasteiger partial charge in [0.25, 0.3) is 0 Å². The third kappa shape index (κ3) is 3.06. The molecule has 3 nitrogen and oxygen atoms in total. The molecule has 0 N–H and O–H groups in total. The molecule has 0 aliphatic rings. The van der Waals surface area contributed by atoms with Crippen molar-refractivity contribution in [2.75, 3.05) is 6.61 Å². The first kappa shape index (κ1) is 12.5. The molecule has 0 aliphatic carbocycles. The van der Waals surface area contributed by atoms with Gasteiger partial charge in [-0.15, -0.1) is 0 Å². The fourth-order valence-corrected chi connectivity index (χ4v) is 2.06. The standard InChI is InChI=1S/C17H16N2O/c1-2-5-15(6-3-1)16-7-9-17(10-8-16)20-14-13-19-12-4-11-18-19/h1-12H,13-14H2. The van der Waals surface area contributed by atoms with Crippen LogP contribution in [0.2, 0.25) is 0 Å². The highest BCUT2D eigenvalue weighted by Crippen LogP contribution is 2.21. The Kier molecular flexibility index (Phi) is 3.78. The highest BCUT2D eigenvalue weighted by Gasteiger charge is 1.98. The van der Waals surface area contributed by atoms with Gasteiger partial charge < -0.3 is 4.74 Å². The van der Waals surface area contributed by atoms with Crippen LogP contribution in [-0.2, 0) is 6.54 Å². The molecule has 100 valence electrons. The third-order valence-corrected chi connectivity index (χ3v) is 3.11. The van der Waals surface area contributed by atoms with E-state index >= 15 is 0 Å². The summed E-state index contributed by atoms with van der Waals surface area (Å²) >= 11 is 0. The van der Waals surface area contributed by atoms with Gasteiger partial charge in [0, 0.05) is 12.4 Å². The highest BCUT2D eigenvalue weighted by molar-refractivity contribution is 5.63. The number of aromatic nitrogens is 2. The molecule has 1 aromatic heterocycles. The molecule has 0 saturated heterocycles. The minimum atomic E-state index is 0.617. The molecule has 20 heavy (non-hydrogen) atoms. The molecule has 3 rings (SSSR count). The van der Waals surface area contributed by atoms with Crippen LogP contribution in [0.15, 0.2) is 73.1 Å². The minimum absolute atomic E-state index is 0.617. The van der Waals surface area contributed by atoms with Crippen LogP contribution in [0.5, 0.6) is 5.75 Å². The maximum atomic E-state index is 5.71. The molecule has 0 atom stereocenters. The molecule has 3 aromatic rings. The monoisotopic (exact) mass is 264 g/mol. The average molecular weight is 264 g/mol. The lowest BCUT2D eigenvalue weighted by molar-refractivity contribution is 0.291. The van der Waals surface area contributed by atoms with Crippen molar-refractivity contribution in [2.45, 2.75) is 6.54 Å². The normalized spacial score (nSPS) is 10.4. The molecule has 0 saturated carbocycles. The van der Waals surface area contributed by atoms with Gasteiger partial charge in [0.05, 0.1) is 6.54 Å². The summed E-state index contributed by atoms with van der Waals surface area (Å²) in [5, 5.41) is 4.14. The summed E-state index contributed by atoms with van der Waals surface area (Å²) in [6.45, 7) is 1.37. The average Bonchev–Trinajstić information content (AvgIpc) is 3.02. The van der Waals surface area contributed by atoms with Gasteiger partial charge in [-0.3, -0.25) is 4.68 Å². The number of ether oxygens (including phenoxy) is 1. The molecule has 0 unspecified atom stereocenters. The topological polar surface area (TPSA) is 27.1 Å². The van der Waals surface area contributed by atoms with Gasteiger partial charge in [-0.2, -0.15) is 5.10 Å². The first-order valence-electron chi connectivity index (χ1n) is 6.67. The summed E-state index contributed by atoms with van der Waals surface area (Å²) in [5.74, 6) is 0.886. The number of rotatable bonds is 5. The lowest BCUT2D eigenvalue weighted by atomic mass is 10.1. The molecule has 3 heteroatoms. The van der Waals surface area contributed by atoms with E-state index in [1.54, 1.807) is 6.20 Å². The summed E-state index contributed by atoms with van der Waals surface area (Å²) in [7, 11) is 0. The highest BCUT2D eigenvalue weighted by atomic mass is 16.5. The van der Waals surface area contributed by atoms with E-state index in [4.69, 9.17) is 4.74 Å². The van der Waals surface area contributed by atoms with Crippen molar-refractivity contribution < 1.29 is 4.74 Å². The Labute approximate surface area is 118 Å². The Morgan fingerprint density at radius 2 is 1.60 bits per heavy atom. The van der Waals surface area contributed by atoms with E-state index in [-0.39, 0.29) is 0 Å². The van der Waals surface area contributed by atoms with E-state index in [1.807, 2.05) is 47.3 Å². The summed E-state index contributed by atoms with van der Waals surface area (Å²) in [6, 6.07) is 20.4. The predicted molar refractivity (Wildman–Crippen MR) is 79.6 cm³/mol. The van der Waals surface area contributed by atoms with Crippen LogP contribution in [0.3, 0.4) is 0 Å². The van der Waals surface area contributed by atoms with Gasteiger partial charge in [0.2, 0.25) is 0 Å². The number of hydrogen-bond donors (Lipinski definition) is 0. The lowest BCUT2D eigenvalue weighted by Crippen LogP contribution is -2.08. The Morgan fingerprint density at radius 3 is 2.30 bits per heavy atom. The van der Waals surface area contributed by atoms with Crippen molar-refractivity contribution in [1.82, 2.24) is 9.78 Å². The van der Waals surface area contributed by atoms with Gasteiger partial charge in [-0.1, -0.05) is 42.5 Å². The molecule has 2 aromatic carbocycles. The summed E-state index contributed by atoms with van der Waals surface area (Å²) in [4.78, 5) is 0. The molecule has 1 heterocycles. The van der Waals surface area contributed by atoms with Crippen molar-refractivity contribution in [3.8, 4) is 16.9 Å². The van der Waals surface area contributed by atoms with Crippen molar-refractivity contribution >= 4 is 0 Å². The number of nitrogens with zero attached hydrogens (tertiary/aromatic N) is 2. The first-order valence-corrected chi connectivity index (χ1v) is 6.67. The lowest BCUT2D eigenvalue weighted by Gasteiger charge is -2.07. The second-order valence-corrected chi connectivity index (χ2v) is 4.51.